The Morgan fingerprint density at radius 3 is 2.57 bits per heavy atom. The van der Waals surface area contributed by atoms with E-state index in [0.717, 1.165) is 44.4 Å². The number of benzene rings is 2. The van der Waals surface area contributed by atoms with Crippen LogP contribution in [0, 0.1) is 0 Å². The molecule has 0 bridgehead atoms. The highest BCUT2D eigenvalue weighted by Crippen LogP contribution is 2.31. The number of rotatable bonds is 5. The molecule has 0 aliphatic rings. The molecule has 0 unspecified atom stereocenters. The Kier molecular flexibility index (Phi) is 5.16. The van der Waals surface area contributed by atoms with E-state index in [1.165, 1.54) is 0 Å². The Morgan fingerprint density at radius 2 is 1.87 bits per heavy atom. The number of hydrogen-bond donors (Lipinski definition) is 3. The van der Waals surface area contributed by atoms with Crippen LogP contribution in [0.4, 0.5) is 0 Å². The monoisotopic (exact) mass is 400 g/mol. The maximum absolute atomic E-state index is 6.07. The van der Waals surface area contributed by atoms with E-state index in [4.69, 9.17) is 11.6 Å². The zero-order valence-electron chi connectivity index (χ0n) is 17.2. The molecule has 0 fully saturated rings. The predicted octanol–water partition coefficient (Wildman–Crippen LogP) is 2.90. The molecule has 0 saturated heterocycles. The van der Waals surface area contributed by atoms with Crippen molar-refractivity contribution >= 4 is 16.7 Å². The fraction of sp³-hybridized carbons (Fsp3) is 0.182. The highest BCUT2D eigenvalue weighted by atomic mass is 15.5. The summed E-state index contributed by atoms with van der Waals surface area (Å²) in [5.74, 6) is 5.89. The molecule has 152 valence electrons. The summed E-state index contributed by atoms with van der Waals surface area (Å²) in [4.78, 5) is 9.06. The SMILES string of the molecule is CC(C)c1cc(-c2ncnc3cc(-c4cnn(C)c4)ccc23)ccc1/C(N)=N/NN. The van der Waals surface area contributed by atoms with Crippen LogP contribution in [0.2, 0.25) is 0 Å². The topological polar surface area (TPSA) is 120 Å². The van der Waals surface area contributed by atoms with Crippen molar-refractivity contribution in [3.05, 3.63) is 66.2 Å². The molecule has 0 atom stereocenters. The van der Waals surface area contributed by atoms with Gasteiger partial charge >= 0.3 is 0 Å². The number of nitrogens with two attached hydrogens (primary N) is 2. The van der Waals surface area contributed by atoms with Crippen LogP contribution in [-0.4, -0.2) is 25.6 Å². The molecule has 0 spiro atoms. The second-order valence-electron chi connectivity index (χ2n) is 7.44. The molecule has 8 nitrogen and oxygen atoms in total. The molecule has 0 amide bonds. The fourth-order valence-electron chi connectivity index (χ4n) is 3.59. The molecule has 0 radical (unpaired) electrons. The molecule has 0 saturated carbocycles. The molecular weight excluding hydrogens is 376 g/mol. The van der Waals surface area contributed by atoms with Crippen molar-refractivity contribution in [3.63, 3.8) is 0 Å². The quantitative estimate of drug-likeness (QED) is 0.205. The Hall–Kier alpha value is -3.78. The normalized spacial score (nSPS) is 12.0. The third-order valence-electron chi connectivity index (χ3n) is 5.08. The van der Waals surface area contributed by atoms with Crippen LogP contribution in [-0.2, 0) is 7.05 Å². The van der Waals surface area contributed by atoms with Crippen LogP contribution < -0.4 is 17.1 Å². The zero-order valence-corrected chi connectivity index (χ0v) is 17.2. The number of amidine groups is 1. The number of nitrogens with zero attached hydrogens (tertiary/aromatic N) is 5. The van der Waals surface area contributed by atoms with Crippen LogP contribution in [0.5, 0.6) is 0 Å². The lowest BCUT2D eigenvalue weighted by Crippen LogP contribution is -2.24. The molecule has 2 aromatic heterocycles. The van der Waals surface area contributed by atoms with Gasteiger partial charge in [-0.2, -0.15) is 5.10 Å². The number of aromatic nitrogens is 4. The van der Waals surface area contributed by atoms with Crippen LogP contribution in [0.15, 0.2) is 60.2 Å². The van der Waals surface area contributed by atoms with Crippen LogP contribution >= 0.6 is 0 Å². The number of fused-ring (bicyclic) bond motifs is 1. The summed E-state index contributed by atoms with van der Waals surface area (Å²) in [5, 5.41) is 9.16. The molecule has 2 aromatic carbocycles. The van der Waals surface area contributed by atoms with Crippen LogP contribution in [0.1, 0.15) is 30.9 Å². The summed E-state index contributed by atoms with van der Waals surface area (Å²) < 4.78 is 1.79. The molecule has 0 aliphatic heterocycles. The van der Waals surface area contributed by atoms with Gasteiger partial charge in [-0.15, -0.1) is 5.10 Å². The Balaban J connectivity index is 1.83. The average Bonchev–Trinajstić information content (AvgIpc) is 3.19. The van der Waals surface area contributed by atoms with Gasteiger partial charge in [-0.05, 0) is 35.2 Å². The van der Waals surface area contributed by atoms with Crippen molar-refractivity contribution in [2.45, 2.75) is 19.8 Å². The van der Waals surface area contributed by atoms with Crippen molar-refractivity contribution in [1.29, 1.82) is 0 Å². The first-order valence-electron chi connectivity index (χ1n) is 9.65. The molecule has 4 rings (SSSR count). The van der Waals surface area contributed by atoms with E-state index in [9.17, 15) is 0 Å². The number of hydrazine groups is 1. The summed E-state index contributed by atoms with van der Waals surface area (Å²) >= 11 is 0. The van der Waals surface area contributed by atoms with Gasteiger partial charge in [0.15, 0.2) is 5.84 Å². The first-order chi connectivity index (χ1) is 14.5. The van der Waals surface area contributed by atoms with Crippen molar-refractivity contribution in [2.75, 3.05) is 0 Å². The minimum atomic E-state index is 0.247. The van der Waals surface area contributed by atoms with E-state index >= 15 is 0 Å². The summed E-state index contributed by atoms with van der Waals surface area (Å²) in [6, 6.07) is 12.3. The maximum Gasteiger partial charge on any atom is 0.152 e. The van der Waals surface area contributed by atoms with E-state index in [1.54, 1.807) is 11.0 Å². The summed E-state index contributed by atoms with van der Waals surface area (Å²) in [6.07, 6.45) is 5.43. The second-order valence-corrected chi connectivity index (χ2v) is 7.44. The second kappa shape index (κ2) is 7.92. The fourth-order valence-corrected chi connectivity index (χ4v) is 3.59. The van der Waals surface area contributed by atoms with Gasteiger partial charge in [-0.25, -0.2) is 21.3 Å². The van der Waals surface area contributed by atoms with Crippen molar-refractivity contribution in [1.82, 2.24) is 25.3 Å². The van der Waals surface area contributed by atoms with Gasteiger partial charge in [0.1, 0.15) is 6.33 Å². The third-order valence-corrected chi connectivity index (χ3v) is 5.08. The Morgan fingerprint density at radius 1 is 1.07 bits per heavy atom. The summed E-state index contributed by atoms with van der Waals surface area (Å²) in [6.45, 7) is 4.23. The van der Waals surface area contributed by atoms with Gasteiger partial charge in [0.05, 0.1) is 17.4 Å². The van der Waals surface area contributed by atoms with E-state index in [0.29, 0.717) is 5.84 Å². The average molecular weight is 400 g/mol. The lowest BCUT2D eigenvalue weighted by Gasteiger charge is -2.15. The lowest BCUT2D eigenvalue weighted by molar-refractivity contribution is 0.768. The molecule has 0 aliphatic carbocycles. The molecular formula is C22H24N8. The Bertz CT molecular complexity index is 1240. The summed E-state index contributed by atoms with van der Waals surface area (Å²) in [7, 11) is 1.90. The van der Waals surface area contributed by atoms with Gasteiger partial charge in [0.25, 0.3) is 0 Å². The molecule has 8 heteroatoms. The van der Waals surface area contributed by atoms with Crippen LogP contribution in [0.25, 0.3) is 33.3 Å². The van der Waals surface area contributed by atoms with E-state index in [2.05, 4.69) is 63.8 Å². The largest absolute Gasteiger partial charge is 0.382 e. The first kappa shape index (κ1) is 19.5. The van der Waals surface area contributed by atoms with Gasteiger partial charge in [0.2, 0.25) is 0 Å². The van der Waals surface area contributed by atoms with Gasteiger partial charge in [-0.3, -0.25) is 4.68 Å². The van der Waals surface area contributed by atoms with Crippen molar-refractivity contribution < 1.29 is 0 Å². The maximum atomic E-state index is 6.07. The minimum Gasteiger partial charge on any atom is -0.382 e. The van der Waals surface area contributed by atoms with E-state index in [1.807, 2.05) is 31.6 Å². The van der Waals surface area contributed by atoms with Gasteiger partial charge in [0, 0.05) is 35.3 Å². The van der Waals surface area contributed by atoms with E-state index < -0.39 is 0 Å². The smallest absolute Gasteiger partial charge is 0.152 e. The number of hydrazone groups is 1. The van der Waals surface area contributed by atoms with Gasteiger partial charge in [-0.1, -0.05) is 32.0 Å². The Labute approximate surface area is 174 Å². The van der Waals surface area contributed by atoms with Crippen molar-refractivity contribution in [3.8, 4) is 22.4 Å². The molecule has 30 heavy (non-hydrogen) atoms. The zero-order chi connectivity index (χ0) is 21.3. The predicted molar refractivity (Wildman–Crippen MR) is 119 cm³/mol. The lowest BCUT2D eigenvalue weighted by atomic mass is 9.92. The molecule has 4 aromatic rings. The van der Waals surface area contributed by atoms with Crippen LogP contribution in [0.3, 0.4) is 0 Å². The summed E-state index contributed by atoms with van der Waals surface area (Å²) in [5.41, 5.74) is 15.1. The molecule has 2 heterocycles. The number of hydrogen-bond acceptors (Lipinski definition) is 6. The van der Waals surface area contributed by atoms with Gasteiger partial charge < -0.3 is 5.73 Å². The highest BCUT2D eigenvalue weighted by Gasteiger charge is 2.14. The molecule has 5 N–H and O–H groups in total. The number of aryl methyl sites for hydroxylation is 1. The first-order valence-corrected chi connectivity index (χ1v) is 9.65. The third kappa shape index (κ3) is 3.60. The minimum absolute atomic E-state index is 0.247. The number of nitrogens with one attached hydrogen (secondary N) is 1. The standard InChI is InChI=1S/C22H24N8/c1-13(2)19-8-15(5-6-17(19)22(23)28-29-24)21-18-7-4-14(9-20(18)25-12-26-21)16-10-27-30(3)11-16/h4-13,29H,24H2,1-3H3,(H2,23,28). The highest BCUT2D eigenvalue weighted by molar-refractivity contribution is 6.00. The van der Waals surface area contributed by atoms with Crippen molar-refractivity contribution in [2.24, 2.45) is 23.7 Å². The van der Waals surface area contributed by atoms with E-state index in [-0.39, 0.29) is 5.92 Å².